The Hall–Kier alpha value is -2.54. The summed E-state index contributed by atoms with van der Waals surface area (Å²) in [5, 5.41) is 2.39. The van der Waals surface area contributed by atoms with E-state index in [0.29, 0.717) is 0 Å². The summed E-state index contributed by atoms with van der Waals surface area (Å²) in [5.41, 5.74) is 5.58. The van der Waals surface area contributed by atoms with Crippen molar-refractivity contribution in [3.05, 3.63) is 72.3 Å². The van der Waals surface area contributed by atoms with Crippen LogP contribution in [0.15, 0.2) is 71.1 Å². The molecule has 0 aliphatic heterocycles. The number of furan rings is 1. The lowest BCUT2D eigenvalue weighted by atomic mass is 9.99. The highest BCUT2D eigenvalue weighted by Crippen LogP contribution is 2.36. The molecule has 1 aromatic heterocycles. The van der Waals surface area contributed by atoms with Crippen LogP contribution in [0.1, 0.15) is 5.56 Å². The maximum atomic E-state index is 6.00. The van der Waals surface area contributed by atoms with Crippen LogP contribution in [-0.2, 0) is 0 Å². The molecule has 96 valence electrons. The highest BCUT2D eigenvalue weighted by molar-refractivity contribution is 6.12. The van der Waals surface area contributed by atoms with Gasteiger partial charge in [-0.05, 0) is 35.7 Å². The van der Waals surface area contributed by atoms with Crippen LogP contribution in [-0.4, -0.2) is 0 Å². The van der Waals surface area contributed by atoms with E-state index in [-0.39, 0.29) is 0 Å². The Bertz CT molecular complexity index is 901. The minimum absolute atomic E-state index is 0.951. The van der Waals surface area contributed by atoms with Gasteiger partial charge in [-0.2, -0.15) is 0 Å². The van der Waals surface area contributed by atoms with Gasteiger partial charge in [0.1, 0.15) is 11.2 Å². The highest BCUT2D eigenvalue weighted by Gasteiger charge is 2.11. The quantitative estimate of drug-likeness (QED) is 0.435. The molecule has 0 atom stereocenters. The Morgan fingerprint density at radius 2 is 1.60 bits per heavy atom. The van der Waals surface area contributed by atoms with Crippen LogP contribution in [0.4, 0.5) is 0 Å². The molecule has 0 amide bonds. The summed E-state index contributed by atoms with van der Waals surface area (Å²) < 4.78 is 6.00. The molecule has 0 saturated heterocycles. The summed E-state index contributed by atoms with van der Waals surface area (Å²) in [6.07, 6.45) is 0. The molecule has 1 nitrogen and oxygen atoms in total. The van der Waals surface area contributed by atoms with Crippen LogP contribution in [0.25, 0.3) is 33.1 Å². The van der Waals surface area contributed by atoms with Crippen molar-refractivity contribution in [1.82, 2.24) is 0 Å². The Balaban J connectivity index is 2.14. The van der Waals surface area contributed by atoms with Crippen molar-refractivity contribution in [2.75, 3.05) is 0 Å². The number of hydrogen-bond acceptors (Lipinski definition) is 1. The van der Waals surface area contributed by atoms with E-state index in [1.54, 1.807) is 0 Å². The minimum Gasteiger partial charge on any atom is -0.456 e. The van der Waals surface area contributed by atoms with E-state index >= 15 is 0 Å². The molecule has 0 saturated carbocycles. The van der Waals surface area contributed by atoms with E-state index < -0.39 is 0 Å². The molecular weight excluding hydrogens is 244 g/mol. The summed E-state index contributed by atoms with van der Waals surface area (Å²) in [4.78, 5) is 0. The van der Waals surface area contributed by atoms with Crippen LogP contribution < -0.4 is 0 Å². The second-order valence-electron chi connectivity index (χ2n) is 5.15. The van der Waals surface area contributed by atoms with Gasteiger partial charge in [-0.1, -0.05) is 54.6 Å². The molecule has 0 aliphatic rings. The van der Waals surface area contributed by atoms with Crippen molar-refractivity contribution < 1.29 is 4.42 Å². The molecule has 0 N–H and O–H groups in total. The smallest absolute Gasteiger partial charge is 0.136 e. The predicted molar refractivity (Wildman–Crippen MR) is 83.9 cm³/mol. The highest BCUT2D eigenvalue weighted by atomic mass is 16.3. The van der Waals surface area contributed by atoms with Crippen LogP contribution in [0, 0.1) is 6.92 Å². The van der Waals surface area contributed by atoms with Crippen LogP contribution in [0.3, 0.4) is 0 Å². The van der Waals surface area contributed by atoms with Crippen molar-refractivity contribution in [3.8, 4) is 11.1 Å². The number of aryl methyl sites for hydroxylation is 1. The van der Waals surface area contributed by atoms with E-state index in [1.165, 1.54) is 27.5 Å². The molecule has 0 radical (unpaired) electrons. The molecule has 0 bridgehead atoms. The summed E-state index contributed by atoms with van der Waals surface area (Å²) >= 11 is 0. The van der Waals surface area contributed by atoms with Gasteiger partial charge in [0.2, 0.25) is 0 Å². The first kappa shape index (κ1) is 11.3. The fourth-order valence-corrected chi connectivity index (χ4v) is 2.79. The third kappa shape index (κ3) is 1.64. The molecule has 4 aromatic rings. The molecular formula is C19H14O. The lowest BCUT2D eigenvalue weighted by molar-refractivity contribution is 0.668. The Morgan fingerprint density at radius 1 is 0.750 bits per heavy atom. The average Bonchev–Trinajstić information content (AvgIpc) is 2.85. The molecule has 3 aromatic carbocycles. The van der Waals surface area contributed by atoms with E-state index in [4.69, 9.17) is 4.42 Å². The van der Waals surface area contributed by atoms with E-state index in [2.05, 4.69) is 61.5 Å². The summed E-state index contributed by atoms with van der Waals surface area (Å²) in [6.45, 7) is 2.09. The van der Waals surface area contributed by atoms with Gasteiger partial charge >= 0.3 is 0 Å². The van der Waals surface area contributed by atoms with Gasteiger partial charge in [-0.3, -0.25) is 0 Å². The van der Waals surface area contributed by atoms with Crippen molar-refractivity contribution in [2.24, 2.45) is 0 Å². The van der Waals surface area contributed by atoms with Crippen LogP contribution in [0.5, 0.6) is 0 Å². The molecule has 4 rings (SSSR count). The van der Waals surface area contributed by atoms with Crippen molar-refractivity contribution in [1.29, 1.82) is 0 Å². The summed E-state index contributed by atoms with van der Waals surface area (Å²) in [6, 6.07) is 23.1. The van der Waals surface area contributed by atoms with Gasteiger partial charge in [-0.15, -0.1) is 0 Å². The Labute approximate surface area is 117 Å². The standard InChI is InChI=1S/C19H14O/c1-13-10-11-16-18(12-13)20-17-9-5-8-15(19(16)17)14-6-3-2-4-7-14/h2-12H,1H3. The zero-order chi connectivity index (χ0) is 13.5. The normalized spacial score (nSPS) is 11.2. The molecule has 1 heteroatoms. The van der Waals surface area contributed by atoms with Crippen LogP contribution >= 0.6 is 0 Å². The third-order valence-corrected chi connectivity index (χ3v) is 3.74. The zero-order valence-electron chi connectivity index (χ0n) is 11.3. The molecule has 0 fully saturated rings. The molecule has 1 heterocycles. The summed E-state index contributed by atoms with van der Waals surface area (Å²) in [5.74, 6) is 0. The summed E-state index contributed by atoms with van der Waals surface area (Å²) in [7, 11) is 0. The van der Waals surface area contributed by atoms with Gasteiger partial charge in [-0.25, -0.2) is 0 Å². The second-order valence-corrected chi connectivity index (χ2v) is 5.15. The van der Waals surface area contributed by atoms with Crippen molar-refractivity contribution in [3.63, 3.8) is 0 Å². The SMILES string of the molecule is Cc1ccc2c(c1)oc1cccc(-c3ccccc3)c12. The topological polar surface area (TPSA) is 13.1 Å². The number of rotatable bonds is 1. The number of fused-ring (bicyclic) bond motifs is 3. The fraction of sp³-hybridized carbons (Fsp3) is 0.0526. The van der Waals surface area contributed by atoms with Crippen molar-refractivity contribution in [2.45, 2.75) is 6.92 Å². The maximum absolute atomic E-state index is 6.00. The van der Waals surface area contributed by atoms with E-state index in [9.17, 15) is 0 Å². The fourth-order valence-electron chi connectivity index (χ4n) is 2.79. The van der Waals surface area contributed by atoms with Gasteiger partial charge in [0.25, 0.3) is 0 Å². The predicted octanol–water partition coefficient (Wildman–Crippen LogP) is 5.56. The van der Waals surface area contributed by atoms with Gasteiger partial charge in [0.15, 0.2) is 0 Å². The van der Waals surface area contributed by atoms with Gasteiger partial charge < -0.3 is 4.42 Å². The lowest BCUT2D eigenvalue weighted by Crippen LogP contribution is -1.78. The Kier molecular flexibility index (Phi) is 2.40. The number of benzene rings is 3. The largest absolute Gasteiger partial charge is 0.456 e. The monoisotopic (exact) mass is 258 g/mol. The Morgan fingerprint density at radius 3 is 2.45 bits per heavy atom. The van der Waals surface area contributed by atoms with Crippen LogP contribution in [0.2, 0.25) is 0 Å². The lowest BCUT2D eigenvalue weighted by Gasteiger charge is -2.03. The first-order valence-corrected chi connectivity index (χ1v) is 6.80. The minimum atomic E-state index is 0.951. The molecule has 0 unspecified atom stereocenters. The maximum Gasteiger partial charge on any atom is 0.136 e. The van der Waals surface area contributed by atoms with Gasteiger partial charge in [0.05, 0.1) is 0 Å². The molecule has 0 spiro atoms. The third-order valence-electron chi connectivity index (χ3n) is 3.74. The zero-order valence-corrected chi connectivity index (χ0v) is 11.3. The molecule has 0 aliphatic carbocycles. The van der Waals surface area contributed by atoms with Gasteiger partial charge in [0, 0.05) is 10.8 Å². The first-order chi connectivity index (χ1) is 9.83. The second kappa shape index (κ2) is 4.24. The van der Waals surface area contributed by atoms with E-state index in [0.717, 1.165) is 11.2 Å². The molecule has 20 heavy (non-hydrogen) atoms. The average molecular weight is 258 g/mol. The van der Waals surface area contributed by atoms with Crippen molar-refractivity contribution >= 4 is 21.9 Å². The van der Waals surface area contributed by atoms with E-state index in [1.807, 2.05) is 12.1 Å². The number of hydrogen-bond donors (Lipinski definition) is 0. The first-order valence-electron chi connectivity index (χ1n) is 6.80.